The maximum Gasteiger partial charge on any atom is 0.250 e. The predicted molar refractivity (Wildman–Crippen MR) is 145 cm³/mol. The number of fused-ring (bicyclic) bond motifs is 1. The summed E-state index contributed by atoms with van der Waals surface area (Å²) in [7, 11) is 4.78. The fourth-order valence-corrected chi connectivity index (χ4v) is 4.72. The molecule has 0 aliphatic carbocycles. The predicted octanol–water partition coefficient (Wildman–Crippen LogP) is 5.28. The number of nitrogens with one attached hydrogen (secondary N) is 2. The molecule has 2 N–H and O–H groups in total. The lowest BCUT2D eigenvalue weighted by atomic mass is 9.93. The third-order valence-electron chi connectivity index (χ3n) is 6.53. The van der Waals surface area contributed by atoms with Gasteiger partial charge in [-0.1, -0.05) is 41.9 Å². The van der Waals surface area contributed by atoms with Crippen LogP contribution in [0.5, 0.6) is 17.2 Å². The minimum atomic E-state index is -0.241. The van der Waals surface area contributed by atoms with Gasteiger partial charge in [0.15, 0.2) is 11.5 Å². The lowest BCUT2D eigenvalue weighted by molar-refractivity contribution is -0.115. The maximum atomic E-state index is 12.9. The molecule has 1 aromatic heterocycles. The molecule has 0 fully saturated rings. The molecule has 38 heavy (non-hydrogen) atoms. The number of amides is 1. The van der Waals surface area contributed by atoms with Crippen molar-refractivity contribution in [3.63, 3.8) is 0 Å². The van der Waals surface area contributed by atoms with E-state index in [-0.39, 0.29) is 30.4 Å². The van der Waals surface area contributed by atoms with E-state index in [4.69, 9.17) is 25.8 Å². The zero-order valence-electron chi connectivity index (χ0n) is 21.3. The zero-order chi connectivity index (χ0) is 26.6. The highest BCUT2D eigenvalue weighted by Gasteiger charge is 2.31. The molecule has 2 heterocycles. The standard InChI is InChI=1S/C28H28ClN5O4/c1-36-21-11-7-18(8-12-21)22-16-23(19-5-9-20(29)10-6-19)34-28(30-22)32-27(33-34)31-26(35)15-17-4-13-24(37-2)25(14-17)38-3/h4-14,22-23H,15-16H2,1-3H3,(H2,30,31,32,33,35)/t22-,23-/m1/s1. The summed E-state index contributed by atoms with van der Waals surface area (Å²) in [6.07, 6.45) is 0.857. The summed E-state index contributed by atoms with van der Waals surface area (Å²) in [4.78, 5) is 17.5. The van der Waals surface area contributed by atoms with Crippen LogP contribution in [-0.4, -0.2) is 42.0 Å². The van der Waals surface area contributed by atoms with Crippen LogP contribution in [0.3, 0.4) is 0 Å². The van der Waals surface area contributed by atoms with Gasteiger partial charge in [0.05, 0.1) is 39.8 Å². The normalized spacial score (nSPS) is 16.2. The van der Waals surface area contributed by atoms with Gasteiger partial charge in [0, 0.05) is 5.02 Å². The number of halogens is 1. The number of hydrogen-bond donors (Lipinski definition) is 2. The molecule has 0 spiro atoms. The van der Waals surface area contributed by atoms with E-state index in [1.165, 1.54) is 0 Å². The summed E-state index contributed by atoms with van der Waals surface area (Å²) in [5.41, 5.74) is 2.92. The van der Waals surface area contributed by atoms with Crippen molar-refractivity contribution in [1.29, 1.82) is 0 Å². The molecule has 3 aromatic carbocycles. The molecular formula is C28H28ClN5O4. The van der Waals surface area contributed by atoms with Crippen LogP contribution in [0.15, 0.2) is 66.7 Å². The quantitative estimate of drug-likeness (QED) is 0.317. The van der Waals surface area contributed by atoms with Gasteiger partial charge in [0.1, 0.15) is 5.75 Å². The molecule has 196 valence electrons. The van der Waals surface area contributed by atoms with Crippen LogP contribution >= 0.6 is 11.6 Å². The minimum absolute atomic E-state index is 0.0198. The topological polar surface area (TPSA) is 99.5 Å². The molecule has 9 nitrogen and oxygen atoms in total. The number of hydrogen-bond acceptors (Lipinski definition) is 7. The highest BCUT2D eigenvalue weighted by atomic mass is 35.5. The molecule has 0 saturated carbocycles. The monoisotopic (exact) mass is 533 g/mol. The first kappa shape index (κ1) is 25.4. The summed E-state index contributed by atoms with van der Waals surface area (Å²) < 4.78 is 17.7. The number of ether oxygens (including phenoxy) is 3. The molecule has 1 aliphatic rings. The summed E-state index contributed by atoms with van der Waals surface area (Å²) >= 11 is 6.15. The Hall–Kier alpha value is -4.24. The van der Waals surface area contributed by atoms with Crippen LogP contribution in [0, 0.1) is 0 Å². The Morgan fingerprint density at radius 1 is 0.974 bits per heavy atom. The molecule has 4 aromatic rings. The first-order valence-electron chi connectivity index (χ1n) is 12.1. The van der Waals surface area contributed by atoms with Gasteiger partial charge in [-0.25, -0.2) is 4.68 Å². The summed E-state index contributed by atoms with van der Waals surface area (Å²) in [5, 5.41) is 11.6. The van der Waals surface area contributed by atoms with Crippen LogP contribution in [0.25, 0.3) is 0 Å². The number of rotatable bonds is 8. The first-order chi connectivity index (χ1) is 18.5. The molecule has 2 atom stereocenters. The molecule has 10 heteroatoms. The average Bonchev–Trinajstić information content (AvgIpc) is 3.35. The summed E-state index contributed by atoms with van der Waals surface area (Å²) in [6.45, 7) is 0. The van der Waals surface area contributed by atoms with Crippen molar-refractivity contribution in [3.05, 3.63) is 88.4 Å². The molecule has 0 radical (unpaired) electrons. The lowest BCUT2D eigenvalue weighted by Crippen LogP contribution is -2.28. The maximum absolute atomic E-state index is 12.9. The van der Waals surface area contributed by atoms with E-state index in [0.717, 1.165) is 28.9 Å². The summed E-state index contributed by atoms with van der Waals surface area (Å²) in [6, 6.07) is 20.9. The number of anilines is 2. The van der Waals surface area contributed by atoms with Gasteiger partial charge in [-0.05, 0) is 59.5 Å². The molecule has 0 unspecified atom stereocenters. The zero-order valence-corrected chi connectivity index (χ0v) is 22.0. The molecule has 1 aliphatic heterocycles. The second-order valence-electron chi connectivity index (χ2n) is 8.89. The van der Waals surface area contributed by atoms with E-state index in [1.54, 1.807) is 33.5 Å². The van der Waals surface area contributed by atoms with Gasteiger partial charge in [-0.3, -0.25) is 10.1 Å². The van der Waals surface area contributed by atoms with Crippen molar-refractivity contribution in [1.82, 2.24) is 14.8 Å². The van der Waals surface area contributed by atoms with Crippen LogP contribution in [-0.2, 0) is 11.2 Å². The lowest BCUT2D eigenvalue weighted by Gasteiger charge is -2.31. The number of benzene rings is 3. The molecular weight excluding hydrogens is 506 g/mol. The van der Waals surface area contributed by atoms with Gasteiger partial charge in [-0.15, -0.1) is 5.10 Å². The minimum Gasteiger partial charge on any atom is -0.497 e. The Morgan fingerprint density at radius 2 is 1.68 bits per heavy atom. The molecule has 0 saturated heterocycles. The SMILES string of the molecule is COc1ccc([C@H]2C[C@H](c3ccc(Cl)cc3)n3nc(NC(=O)Cc4ccc(OC)c(OC)c4)nc3N2)cc1. The highest BCUT2D eigenvalue weighted by molar-refractivity contribution is 6.30. The Labute approximate surface area is 225 Å². The van der Waals surface area contributed by atoms with Gasteiger partial charge >= 0.3 is 0 Å². The van der Waals surface area contributed by atoms with Crippen LogP contribution in [0.1, 0.15) is 35.2 Å². The van der Waals surface area contributed by atoms with E-state index in [9.17, 15) is 4.79 Å². The third kappa shape index (κ3) is 5.38. The average molecular weight is 534 g/mol. The van der Waals surface area contributed by atoms with Crippen molar-refractivity contribution in [3.8, 4) is 17.2 Å². The van der Waals surface area contributed by atoms with Gasteiger partial charge < -0.3 is 19.5 Å². The molecule has 0 bridgehead atoms. The summed E-state index contributed by atoms with van der Waals surface area (Å²) in [5.74, 6) is 2.51. The van der Waals surface area contributed by atoms with Crippen molar-refractivity contribution in [2.75, 3.05) is 32.0 Å². The fourth-order valence-electron chi connectivity index (χ4n) is 4.59. The van der Waals surface area contributed by atoms with Crippen molar-refractivity contribution in [2.24, 2.45) is 0 Å². The number of methoxy groups -OCH3 is 3. The largest absolute Gasteiger partial charge is 0.497 e. The van der Waals surface area contributed by atoms with Crippen molar-refractivity contribution < 1.29 is 19.0 Å². The van der Waals surface area contributed by atoms with Crippen LogP contribution in [0.4, 0.5) is 11.9 Å². The molecule has 5 rings (SSSR count). The van der Waals surface area contributed by atoms with Gasteiger partial charge in [-0.2, -0.15) is 4.98 Å². The first-order valence-corrected chi connectivity index (χ1v) is 12.5. The highest BCUT2D eigenvalue weighted by Crippen LogP contribution is 2.39. The Kier molecular flexibility index (Phi) is 7.37. The number of carbonyl (C=O) groups excluding carboxylic acids is 1. The van der Waals surface area contributed by atoms with E-state index in [1.807, 2.05) is 59.3 Å². The van der Waals surface area contributed by atoms with E-state index >= 15 is 0 Å². The van der Waals surface area contributed by atoms with Crippen molar-refractivity contribution >= 4 is 29.4 Å². The fraction of sp³-hybridized carbons (Fsp3) is 0.250. The number of aromatic nitrogens is 3. The van der Waals surface area contributed by atoms with E-state index in [0.29, 0.717) is 22.5 Å². The Morgan fingerprint density at radius 3 is 2.37 bits per heavy atom. The smallest absolute Gasteiger partial charge is 0.250 e. The molecule has 1 amide bonds. The third-order valence-corrected chi connectivity index (χ3v) is 6.78. The number of carbonyl (C=O) groups is 1. The van der Waals surface area contributed by atoms with Gasteiger partial charge in [0.2, 0.25) is 11.9 Å². The van der Waals surface area contributed by atoms with E-state index < -0.39 is 0 Å². The number of nitrogens with zero attached hydrogens (tertiary/aromatic N) is 3. The Balaban J connectivity index is 1.39. The van der Waals surface area contributed by atoms with Crippen LogP contribution in [0.2, 0.25) is 5.02 Å². The second kappa shape index (κ2) is 11.0. The van der Waals surface area contributed by atoms with E-state index in [2.05, 4.69) is 20.7 Å². The van der Waals surface area contributed by atoms with Gasteiger partial charge in [0.25, 0.3) is 5.95 Å². The van der Waals surface area contributed by atoms with Crippen LogP contribution < -0.4 is 24.8 Å². The Bertz CT molecular complexity index is 1420. The van der Waals surface area contributed by atoms with Crippen molar-refractivity contribution in [2.45, 2.75) is 24.9 Å². The second-order valence-corrected chi connectivity index (χ2v) is 9.33.